The van der Waals surface area contributed by atoms with Crippen LogP contribution in [0.1, 0.15) is 24.8 Å². The van der Waals surface area contributed by atoms with Gasteiger partial charge >= 0.3 is 0 Å². The van der Waals surface area contributed by atoms with E-state index in [9.17, 15) is 4.79 Å². The van der Waals surface area contributed by atoms with E-state index in [1.54, 1.807) is 19.4 Å². The Labute approximate surface area is 178 Å². The minimum absolute atomic E-state index is 0. The number of halogens is 2. The van der Waals surface area contributed by atoms with Gasteiger partial charge in [0.15, 0.2) is 0 Å². The minimum atomic E-state index is 0. The number of aromatic nitrogens is 1. The van der Waals surface area contributed by atoms with Gasteiger partial charge in [-0.25, -0.2) is 4.98 Å². The fourth-order valence-electron chi connectivity index (χ4n) is 3.01. The molecule has 2 heterocycles. The number of ether oxygens (including phenoxy) is 2. The van der Waals surface area contributed by atoms with Gasteiger partial charge in [-0.2, -0.15) is 0 Å². The van der Waals surface area contributed by atoms with Crippen LogP contribution < -0.4 is 20.1 Å². The predicted molar refractivity (Wildman–Crippen MR) is 114 cm³/mol. The van der Waals surface area contributed by atoms with E-state index >= 15 is 0 Å². The first-order valence-electron chi connectivity index (χ1n) is 8.98. The summed E-state index contributed by atoms with van der Waals surface area (Å²) in [4.78, 5) is 16.4. The van der Waals surface area contributed by atoms with Crippen LogP contribution in [0.3, 0.4) is 0 Å². The van der Waals surface area contributed by atoms with E-state index in [-0.39, 0.29) is 30.7 Å². The van der Waals surface area contributed by atoms with Gasteiger partial charge < -0.3 is 20.1 Å². The molecule has 1 aliphatic heterocycles. The second kappa shape index (κ2) is 12.4. The van der Waals surface area contributed by atoms with E-state index in [2.05, 4.69) is 15.6 Å². The Morgan fingerprint density at radius 1 is 1.25 bits per heavy atom. The maximum absolute atomic E-state index is 12.1. The predicted octanol–water partition coefficient (Wildman–Crippen LogP) is 3.73. The molecular formula is C20H27Cl2N3O3. The molecule has 0 spiro atoms. The lowest BCUT2D eigenvalue weighted by molar-refractivity contribution is -0.121. The van der Waals surface area contributed by atoms with Crippen LogP contribution in [0.15, 0.2) is 42.6 Å². The van der Waals surface area contributed by atoms with Crippen LogP contribution in [0.2, 0.25) is 0 Å². The SMILES string of the molecule is COc1cccc(Oc2ncccc2CNC(=O)CCC2CCNC2)c1.Cl.Cl. The number of benzene rings is 1. The molecule has 28 heavy (non-hydrogen) atoms. The van der Waals surface area contributed by atoms with E-state index in [0.29, 0.717) is 30.5 Å². The zero-order chi connectivity index (χ0) is 18.2. The maximum Gasteiger partial charge on any atom is 0.224 e. The van der Waals surface area contributed by atoms with Gasteiger partial charge in [-0.1, -0.05) is 12.1 Å². The molecule has 2 aromatic rings. The van der Waals surface area contributed by atoms with E-state index in [1.807, 2.05) is 30.3 Å². The quantitative estimate of drug-likeness (QED) is 0.671. The summed E-state index contributed by atoms with van der Waals surface area (Å²) in [5.74, 6) is 2.53. The third kappa shape index (κ3) is 7.19. The topological polar surface area (TPSA) is 72.5 Å². The second-order valence-electron chi connectivity index (χ2n) is 6.42. The lowest BCUT2D eigenvalue weighted by Crippen LogP contribution is -2.23. The Morgan fingerprint density at radius 2 is 2.07 bits per heavy atom. The fourth-order valence-corrected chi connectivity index (χ4v) is 3.01. The monoisotopic (exact) mass is 427 g/mol. The van der Waals surface area contributed by atoms with Gasteiger partial charge in [-0.15, -0.1) is 24.8 Å². The number of carbonyl (C=O) groups excluding carboxylic acids is 1. The highest BCUT2D eigenvalue weighted by atomic mass is 35.5. The first-order chi connectivity index (χ1) is 12.7. The first kappa shape index (κ1) is 24.0. The van der Waals surface area contributed by atoms with Gasteiger partial charge in [0.1, 0.15) is 11.5 Å². The molecule has 154 valence electrons. The molecule has 1 unspecified atom stereocenters. The molecule has 1 aromatic heterocycles. The molecule has 8 heteroatoms. The zero-order valence-corrected chi connectivity index (χ0v) is 17.5. The molecule has 0 saturated carbocycles. The van der Waals surface area contributed by atoms with Crippen LogP contribution in [0.25, 0.3) is 0 Å². The number of pyridine rings is 1. The molecule has 1 aromatic carbocycles. The van der Waals surface area contributed by atoms with Crippen LogP contribution in [0.4, 0.5) is 0 Å². The standard InChI is InChI=1S/C20H25N3O3.2ClH/c1-25-17-5-2-6-18(12-17)26-20-16(4-3-10-22-20)14-23-19(24)8-7-15-9-11-21-13-15;;/h2-6,10,12,15,21H,7-9,11,13-14H2,1H3,(H,23,24);2*1H. The number of amides is 1. The van der Waals surface area contributed by atoms with Crippen molar-refractivity contribution in [2.45, 2.75) is 25.8 Å². The molecule has 1 aliphatic rings. The Balaban J connectivity index is 0.00000196. The Kier molecular flexibility index (Phi) is 10.7. The number of hydrogen-bond donors (Lipinski definition) is 2. The molecule has 1 saturated heterocycles. The molecule has 0 bridgehead atoms. The number of hydrogen-bond acceptors (Lipinski definition) is 5. The molecule has 6 nitrogen and oxygen atoms in total. The summed E-state index contributed by atoms with van der Waals surface area (Å²) >= 11 is 0. The lowest BCUT2D eigenvalue weighted by atomic mass is 10.0. The van der Waals surface area contributed by atoms with E-state index in [0.717, 1.165) is 37.2 Å². The van der Waals surface area contributed by atoms with Crippen LogP contribution in [-0.2, 0) is 11.3 Å². The number of methoxy groups -OCH3 is 1. The van der Waals surface area contributed by atoms with Crippen molar-refractivity contribution >= 4 is 30.7 Å². The van der Waals surface area contributed by atoms with E-state index in [1.165, 1.54) is 0 Å². The summed E-state index contributed by atoms with van der Waals surface area (Å²) in [5.41, 5.74) is 0.839. The second-order valence-corrected chi connectivity index (χ2v) is 6.42. The highest BCUT2D eigenvalue weighted by Gasteiger charge is 2.16. The fraction of sp³-hybridized carbons (Fsp3) is 0.400. The smallest absolute Gasteiger partial charge is 0.224 e. The van der Waals surface area contributed by atoms with Gasteiger partial charge in [0.25, 0.3) is 0 Å². The van der Waals surface area contributed by atoms with Crippen LogP contribution in [0.5, 0.6) is 17.4 Å². The van der Waals surface area contributed by atoms with Crippen molar-refractivity contribution in [2.24, 2.45) is 5.92 Å². The molecule has 2 N–H and O–H groups in total. The van der Waals surface area contributed by atoms with Crippen LogP contribution in [0, 0.1) is 5.92 Å². The molecule has 3 rings (SSSR count). The van der Waals surface area contributed by atoms with Crippen molar-refractivity contribution in [2.75, 3.05) is 20.2 Å². The minimum Gasteiger partial charge on any atom is -0.497 e. The summed E-state index contributed by atoms with van der Waals surface area (Å²) < 4.78 is 11.1. The Bertz CT molecular complexity index is 740. The molecule has 1 atom stereocenters. The van der Waals surface area contributed by atoms with Crippen LogP contribution in [-0.4, -0.2) is 31.1 Å². The van der Waals surface area contributed by atoms with Gasteiger partial charge in [-0.3, -0.25) is 4.79 Å². The summed E-state index contributed by atoms with van der Waals surface area (Å²) in [6.45, 7) is 2.48. The Morgan fingerprint density at radius 3 is 2.82 bits per heavy atom. The van der Waals surface area contributed by atoms with Crippen molar-refractivity contribution < 1.29 is 14.3 Å². The van der Waals surface area contributed by atoms with Gasteiger partial charge in [0.2, 0.25) is 11.8 Å². The van der Waals surface area contributed by atoms with Crippen molar-refractivity contribution in [3.63, 3.8) is 0 Å². The highest BCUT2D eigenvalue weighted by Crippen LogP contribution is 2.26. The van der Waals surface area contributed by atoms with Gasteiger partial charge in [0, 0.05) is 30.8 Å². The van der Waals surface area contributed by atoms with Crippen molar-refractivity contribution in [1.29, 1.82) is 0 Å². The van der Waals surface area contributed by atoms with Crippen molar-refractivity contribution in [3.8, 4) is 17.4 Å². The van der Waals surface area contributed by atoms with Crippen LogP contribution >= 0.6 is 24.8 Å². The summed E-state index contributed by atoms with van der Waals surface area (Å²) in [6, 6.07) is 11.1. The third-order valence-corrected chi connectivity index (χ3v) is 4.52. The van der Waals surface area contributed by atoms with Crippen molar-refractivity contribution in [3.05, 3.63) is 48.2 Å². The molecule has 0 aliphatic carbocycles. The molecule has 1 fully saturated rings. The number of nitrogens with one attached hydrogen (secondary N) is 2. The van der Waals surface area contributed by atoms with Gasteiger partial charge in [0.05, 0.1) is 7.11 Å². The third-order valence-electron chi connectivity index (χ3n) is 4.52. The number of rotatable bonds is 8. The zero-order valence-electron chi connectivity index (χ0n) is 15.8. The summed E-state index contributed by atoms with van der Waals surface area (Å²) in [6.07, 6.45) is 4.32. The van der Waals surface area contributed by atoms with E-state index < -0.39 is 0 Å². The molecular weight excluding hydrogens is 401 g/mol. The number of nitrogens with zero attached hydrogens (tertiary/aromatic N) is 1. The largest absolute Gasteiger partial charge is 0.497 e. The molecule has 1 amide bonds. The average molecular weight is 428 g/mol. The summed E-state index contributed by atoms with van der Waals surface area (Å²) in [5, 5.41) is 6.29. The maximum atomic E-state index is 12.1. The normalized spacial score (nSPS) is 15.1. The first-order valence-corrected chi connectivity index (χ1v) is 8.98. The summed E-state index contributed by atoms with van der Waals surface area (Å²) in [7, 11) is 1.61. The average Bonchev–Trinajstić information content (AvgIpc) is 3.19. The van der Waals surface area contributed by atoms with Gasteiger partial charge in [-0.05, 0) is 50.0 Å². The van der Waals surface area contributed by atoms with E-state index in [4.69, 9.17) is 9.47 Å². The number of carbonyl (C=O) groups is 1. The lowest BCUT2D eigenvalue weighted by Gasteiger charge is -2.12. The van der Waals surface area contributed by atoms with Crippen molar-refractivity contribution in [1.82, 2.24) is 15.6 Å². The highest BCUT2D eigenvalue weighted by molar-refractivity contribution is 5.85. The molecule has 0 radical (unpaired) electrons. The Hall–Kier alpha value is -2.02.